The van der Waals surface area contributed by atoms with Crippen LogP contribution in [0, 0.1) is 40.4 Å². The molecule has 31 heavy (non-hydrogen) atoms. The Labute approximate surface area is 190 Å². The Morgan fingerprint density at radius 2 is 1.81 bits per heavy atom. The molecule has 1 aliphatic heterocycles. The molecule has 4 nitrogen and oxygen atoms in total. The Morgan fingerprint density at radius 1 is 1.06 bits per heavy atom. The van der Waals surface area contributed by atoms with Crippen molar-refractivity contribution >= 4 is 5.97 Å². The van der Waals surface area contributed by atoms with E-state index in [1.54, 1.807) is 0 Å². The third-order valence-corrected chi connectivity index (χ3v) is 10.1. The average molecular weight is 434 g/mol. The number of unbranched alkanes of at least 4 members (excludes halogenated alkanes) is 1. The van der Waals surface area contributed by atoms with Crippen molar-refractivity contribution < 1.29 is 14.6 Å². The van der Waals surface area contributed by atoms with E-state index in [1.165, 1.54) is 38.5 Å². The van der Waals surface area contributed by atoms with Crippen LogP contribution < -0.4 is 5.32 Å². The molecule has 0 radical (unpaired) electrons. The third-order valence-electron chi connectivity index (χ3n) is 10.1. The Bertz CT molecular complexity index is 657. The Morgan fingerprint density at radius 3 is 2.55 bits per heavy atom. The Balaban J connectivity index is 1.36. The number of carbonyl (C=O) groups excluding carboxylic acids is 1. The first kappa shape index (κ1) is 23.5. The van der Waals surface area contributed by atoms with Gasteiger partial charge in [0.1, 0.15) is 5.60 Å². The van der Waals surface area contributed by atoms with Crippen molar-refractivity contribution in [2.45, 2.75) is 111 Å². The molecular weight excluding hydrogens is 386 g/mol. The van der Waals surface area contributed by atoms with Crippen LogP contribution in [0.4, 0.5) is 0 Å². The summed E-state index contributed by atoms with van der Waals surface area (Å²) in [4.78, 5) is 12.0. The molecule has 0 spiro atoms. The maximum absolute atomic E-state index is 12.0. The number of piperidine rings is 1. The molecule has 8 atom stereocenters. The highest BCUT2D eigenvalue weighted by Gasteiger charge is 2.61. The van der Waals surface area contributed by atoms with Crippen LogP contribution in [0.1, 0.15) is 98.8 Å². The molecule has 3 aliphatic carbocycles. The first-order chi connectivity index (χ1) is 14.5. The molecule has 1 saturated heterocycles. The van der Waals surface area contributed by atoms with E-state index in [0.717, 1.165) is 38.3 Å². The zero-order chi connectivity index (χ0) is 22.4. The van der Waals surface area contributed by atoms with Crippen LogP contribution in [0.3, 0.4) is 0 Å². The lowest BCUT2D eigenvalue weighted by molar-refractivity contribution is -0.159. The fourth-order valence-electron chi connectivity index (χ4n) is 8.50. The molecule has 4 heteroatoms. The smallest absolute Gasteiger partial charge is 0.306 e. The van der Waals surface area contributed by atoms with Crippen molar-refractivity contribution in [2.75, 3.05) is 13.1 Å². The number of esters is 1. The number of nitrogens with one attached hydrogen (secondary N) is 1. The number of hydrogen-bond acceptors (Lipinski definition) is 4. The van der Waals surface area contributed by atoms with Crippen molar-refractivity contribution in [3.63, 3.8) is 0 Å². The first-order valence-corrected chi connectivity index (χ1v) is 13.2. The second kappa shape index (κ2) is 8.63. The topological polar surface area (TPSA) is 58.6 Å². The number of fused-ring (bicyclic) bond motifs is 5. The van der Waals surface area contributed by atoms with E-state index in [-0.39, 0.29) is 17.7 Å². The van der Waals surface area contributed by atoms with Gasteiger partial charge >= 0.3 is 5.97 Å². The van der Waals surface area contributed by atoms with Crippen molar-refractivity contribution in [1.82, 2.24) is 5.32 Å². The van der Waals surface area contributed by atoms with E-state index < -0.39 is 0 Å². The number of rotatable bonds is 5. The third kappa shape index (κ3) is 4.45. The van der Waals surface area contributed by atoms with Gasteiger partial charge in [0.15, 0.2) is 0 Å². The van der Waals surface area contributed by atoms with Gasteiger partial charge in [-0.05, 0) is 126 Å². The molecule has 3 saturated carbocycles. The lowest BCUT2D eigenvalue weighted by atomic mass is 9.45. The summed E-state index contributed by atoms with van der Waals surface area (Å²) in [6, 6.07) is 0. The van der Waals surface area contributed by atoms with Gasteiger partial charge in [0.2, 0.25) is 0 Å². The zero-order valence-electron chi connectivity index (χ0n) is 20.7. The van der Waals surface area contributed by atoms with Crippen LogP contribution in [0.15, 0.2) is 0 Å². The highest BCUT2D eigenvalue weighted by Crippen LogP contribution is 2.66. The molecule has 8 unspecified atom stereocenters. The van der Waals surface area contributed by atoms with Crippen molar-refractivity contribution in [3.8, 4) is 0 Å². The van der Waals surface area contributed by atoms with Gasteiger partial charge in [0.05, 0.1) is 6.10 Å². The zero-order valence-corrected chi connectivity index (χ0v) is 20.7. The monoisotopic (exact) mass is 433 g/mol. The molecule has 0 aromatic rings. The highest BCUT2D eigenvalue weighted by atomic mass is 16.6. The van der Waals surface area contributed by atoms with E-state index in [0.29, 0.717) is 40.9 Å². The lowest BCUT2D eigenvalue weighted by Gasteiger charge is -2.62. The predicted molar refractivity (Wildman–Crippen MR) is 125 cm³/mol. The van der Waals surface area contributed by atoms with Crippen LogP contribution >= 0.6 is 0 Å². The minimum absolute atomic E-state index is 0.0568. The summed E-state index contributed by atoms with van der Waals surface area (Å²) >= 11 is 0. The number of ether oxygens (including phenoxy) is 1. The van der Waals surface area contributed by atoms with Crippen LogP contribution in [-0.2, 0) is 9.53 Å². The minimum atomic E-state index is -0.382. The molecule has 178 valence electrons. The molecule has 4 fully saturated rings. The Kier molecular flexibility index (Phi) is 6.55. The second-order valence-corrected chi connectivity index (χ2v) is 12.9. The number of aliphatic hydroxyl groups excluding tert-OH is 1. The van der Waals surface area contributed by atoms with Crippen molar-refractivity contribution in [1.29, 1.82) is 0 Å². The van der Waals surface area contributed by atoms with Gasteiger partial charge in [0, 0.05) is 6.42 Å². The molecular formula is C27H47NO3. The second-order valence-electron chi connectivity index (χ2n) is 12.9. The molecule has 0 aromatic carbocycles. The van der Waals surface area contributed by atoms with E-state index in [9.17, 15) is 9.90 Å². The first-order valence-electron chi connectivity index (χ1n) is 13.2. The van der Waals surface area contributed by atoms with Crippen LogP contribution in [0.25, 0.3) is 0 Å². The van der Waals surface area contributed by atoms with Gasteiger partial charge in [0.25, 0.3) is 0 Å². The van der Waals surface area contributed by atoms with E-state index >= 15 is 0 Å². The van der Waals surface area contributed by atoms with Crippen LogP contribution in [0.2, 0.25) is 0 Å². The summed E-state index contributed by atoms with van der Waals surface area (Å²) in [5.74, 6) is 3.23. The van der Waals surface area contributed by atoms with Crippen molar-refractivity contribution in [3.05, 3.63) is 0 Å². The molecule has 4 rings (SSSR count). The SMILES string of the molecule is CC(C)(C)OC(=O)CCCCC1CCC2C3C(O)CC4CNCCC4(C)C3CCC12C. The summed E-state index contributed by atoms with van der Waals surface area (Å²) in [5.41, 5.74) is 0.416. The number of hydrogen-bond donors (Lipinski definition) is 2. The lowest BCUT2D eigenvalue weighted by Crippen LogP contribution is -2.60. The fraction of sp³-hybridized carbons (Fsp3) is 0.963. The number of aliphatic hydroxyl groups is 1. The van der Waals surface area contributed by atoms with E-state index in [1.807, 2.05) is 20.8 Å². The van der Waals surface area contributed by atoms with E-state index in [2.05, 4.69) is 19.2 Å². The molecule has 1 heterocycles. The predicted octanol–water partition coefficient (Wildman–Crippen LogP) is 5.33. The molecule has 0 bridgehead atoms. The molecule has 0 amide bonds. The summed E-state index contributed by atoms with van der Waals surface area (Å²) in [7, 11) is 0. The molecule has 2 N–H and O–H groups in total. The van der Waals surface area contributed by atoms with Crippen LogP contribution in [-0.4, -0.2) is 35.9 Å². The molecule has 0 aromatic heterocycles. The number of carbonyl (C=O) groups is 1. The van der Waals surface area contributed by atoms with Gasteiger partial charge < -0.3 is 15.2 Å². The van der Waals surface area contributed by atoms with Gasteiger partial charge in [-0.25, -0.2) is 0 Å². The minimum Gasteiger partial charge on any atom is -0.460 e. The van der Waals surface area contributed by atoms with Crippen LogP contribution in [0.5, 0.6) is 0 Å². The standard InChI is InChI=1S/C27H47NO3/c1-25(2,3)31-23(30)9-7-6-8-18-10-11-20-24-21(12-13-26(18,20)4)27(5)14-15-28-17-19(27)16-22(24)29/h18-22,24,28-29H,6-17H2,1-5H3. The normalized spacial score (nSPS) is 44.8. The average Bonchev–Trinajstić information content (AvgIpc) is 3.01. The van der Waals surface area contributed by atoms with E-state index in [4.69, 9.17) is 4.74 Å². The van der Waals surface area contributed by atoms with Crippen molar-refractivity contribution in [2.24, 2.45) is 40.4 Å². The summed E-state index contributed by atoms with van der Waals surface area (Å²) in [6.45, 7) is 13.1. The maximum atomic E-state index is 12.0. The maximum Gasteiger partial charge on any atom is 0.306 e. The fourth-order valence-corrected chi connectivity index (χ4v) is 8.50. The van der Waals surface area contributed by atoms with Gasteiger partial charge in [-0.1, -0.05) is 20.3 Å². The Hall–Kier alpha value is -0.610. The largest absolute Gasteiger partial charge is 0.460 e. The highest BCUT2D eigenvalue weighted by molar-refractivity contribution is 5.69. The van der Waals surface area contributed by atoms with Gasteiger partial charge in [-0.15, -0.1) is 0 Å². The summed E-state index contributed by atoms with van der Waals surface area (Å²) < 4.78 is 5.47. The van der Waals surface area contributed by atoms with Gasteiger partial charge in [-0.2, -0.15) is 0 Å². The summed E-state index contributed by atoms with van der Waals surface area (Å²) in [5, 5.41) is 14.9. The molecule has 4 aliphatic rings. The summed E-state index contributed by atoms with van der Waals surface area (Å²) in [6.07, 6.45) is 11.2. The quantitative estimate of drug-likeness (QED) is 0.455. The van der Waals surface area contributed by atoms with Gasteiger partial charge in [-0.3, -0.25) is 4.79 Å².